The average Bonchev–Trinajstić information content (AvgIpc) is 3.15. The molecule has 1 atom stereocenters. The molecule has 1 aliphatic rings. The Balaban J connectivity index is 1.56. The summed E-state index contributed by atoms with van der Waals surface area (Å²) in [6, 6.07) is 8.04. The summed E-state index contributed by atoms with van der Waals surface area (Å²) >= 11 is 0. The number of hydrogen-bond acceptors (Lipinski definition) is 5. The molecule has 7 heteroatoms. The second kappa shape index (κ2) is 8.42. The lowest BCUT2D eigenvalue weighted by molar-refractivity contribution is -0.138. The normalized spacial score (nSPS) is 16.8. The summed E-state index contributed by atoms with van der Waals surface area (Å²) in [5, 5.41) is 4.13. The molecule has 2 heterocycles. The van der Waals surface area contributed by atoms with Crippen LogP contribution in [0.15, 0.2) is 36.9 Å². The van der Waals surface area contributed by atoms with E-state index >= 15 is 0 Å². The highest BCUT2D eigenvalue weighted by molar-refractivity contribution is 5.83. The molecule has 0 spiro atoms. The zero-order chi connectivity index (χ0) is 18.5. The standard InChI is InChI=1S/C19H28N6O/c1-16-4-6-17(7-5-16)18(22(2)3)19(26)24-11-8-23(9-12-24)10-13-25-15-20-14-21-25/h4-7,14-15,18H,8-13H2,1-3H3/t18-/m1/s1. The van der Waals surface area contributed by atoms with Crippen LogP contribution in [0, 0.1) is 6.92 Å². The fourth-order valence-electron chi connectivity index (χ4n) is 3.37. The van der Waals surface area contributed by atoms with Gasteiger partial charge in [0.2, 0.25) is 5.91 Å². The number of rotatable bonds is 6. The van der Waals surface area contributed by atoms with Crippen molar-refractivity contribution in [2.75, 3.05) is 46.8 Å². The third-order valence-corrected chi connectivity index (χ3v) is 4.94. The van der Waals surface area contributed by atoms with E-state index in [-0.39, 0.29) is 11.9 Å². The van der Waals surface area contributed by atoms with Crippen molar-refractivity contribution in [2.24, 2.45) is 0 Å². The Morgan fingerprint density at radius 3 is 2.38 bits per heavy atom. The van der Waals surface area contributed by atoms with Crippen LogP contribution in [-0.2, 0) is 11.3 Å². The lowest BCUT2D eigenvalue weighted by Crippen LogP contribution is -2.51. The summed E-state index contributed by atoms with van der Waals surface area (Å²) in [4.78, 5) is 23.5. The second-order valence-electron chi connectivity index (χ2n) is 7.10. The molecule has 1 fully saturated rings. The zero-order valence-electron chi connectivity index (χ0n) is 15.9. The van der Waals surface area contributed by atoms with E-state index in [1.54, 1.807) is 12.7 Å². The van der Waals surface area contributed by atoms with Crippen LogP contribution < -0.4 is 0 Å². The largest absolute Gasteiger partial charge is 0.338 e. The van der Waals surface area contributed by atoms with Crippen LogP contribution in [0.25, 0.3) is 0 Å². The molecule has 0 radical (unpaired) electrons. The minimum absolute atomic E-state index is 0.190. The van der Waals surface area contributed by atoms with Crippen molar-refractivity contribution in [3.8, 4) is 0 Å². The van der Waals surface area contributed by atoms with Gasteiger partial charge in [-0.3, -0.25) is 19.3 Å². The van der Waals surface area contributed by atoms with Crippen molar-refractivity contribution in [1.82, 2.24) is 29.5 Å². The number of hydrogen-bond donors (Lipinski definition) is 0. The van der Waals surface area contributed by atoms with Gasteiger partial charge in [0.15, 0.2) is 0 Å². The topological polar surface area (TPSA) is 57.5 Å². The van der Waals surface area contributed by atoms with Gasteiger partial charge in [0, 0.05) is 32.7 Å². The maximum absolute atomic E-state index is 13.1. The first-order chi connectivity index (χ1) is 12.5. The molecular formula is C19H28N6O. The van der Waals surface area contributed by atoms with Crippen molar-refractivity contribution in [3.63, 3.8) is 0 Å². The molecule has 0 bridgehead atoms. The van der Waals surface area contributed by atoms with Crippen molar-refractivity contribution in [2.45, 2.75) is 19.5 Å². The highest BCUT2D eigenvalue weighted by Crippen LogP contribution is 2.22. The molecular weight excluding hydrogens is 328 g/mol. The van der Waals surface area contributed by atoms with Gasteiger partial charge < -0.3 is 4.90 Å². The van der Waals surface area contributed by atoms with E-state index in [0.29, 0.717) is 0 Å². The number of aryl methyl sites for hydroxylation is 1. The van der Waals surface area contributed by atoms with Crippen LogP contribution in [0.1, 0.15) is 17.2 Å². The van der Waals surface area contributed by atoms with Crippen LogP contribution in [-0.4, -0.2) is 82.2 Å². The summed E-state index contributed by atoms with van der Waals surface area (Å²) in [7, 11) is 3.94. The number of nitrogens with zero attached hydrogens (tertiary/aromatic N) is 6. The third-order valence-electron chi connectivity index (χ3n) is 4.94. The van der Waals surface area contributed by atoms with Crippen LogP contribution in [0.5, 0.6) is 0 Å². The minimum Gasteiger partial charge on any atom is -0.338 e. The van der Waals surface area contributed by atoms with Gasteiger partial charge in [0.25, 0.3) is 0 Å². The highest BCUT2D eigenvalue weighted by Gasteiger charge is 2.29. The van der Waals surface area contributed by atoms with Crippen molar-refractivity contribution >= 4 is 5.91 Å². The molecule has 1 aromatic carbocycles. The van der Waals surface area contributed by atoms with Crippen molar-refractivity contribution < 1.29 is 4.79 Å². The molecule has 2 aromatic rings. The predicted octanol–water partition coefficient (Wildman–Crippen LogP) is 1.03. The summed E-state index contributed by atoms with van der Waals surface area (Å²) < 4.78 is 1.84. The molecule has 26 heavy (non-hydrogen) atoms. The van der Waals surface area contributed by atoms with E-state index in [1.165, 1.54) is 5.56 Å². The predicted molar refractivity (Wildman–Crippen MR) is 101 cm³/mol. The van der Waals surface area contributed by atoms with E-state index in [9.17, 15) is 4.79 Å². The lowest BCUT2D eigenvalue weighted by Gasteiger charge is -2.37. The summed E-state index contributed by atoms with van der Waals surface area (Å²) in [5.74, 6) is 0.190. The summed E-state index contributed by atoms with van der Waals surface area (Å²) in [6.45, 7) is 7.16. The summed E-state index contributed by atoms with van der Waals surface area (Å²) in [6.07, 6.45) is 3.30. The number of amides is 1. The fraction of sp³-hybridized carbons (Fsp3) is 0.526. The molecule has 1 aromatic heterocycles. The quantitative estimate of drug-likeness (QED) is 0.774. The van der Waals surface area contributed by atoms with Gasteiger partial charge in [-0.2, -0.15) is 5.10 Å². The molecule has 1 aliphatic heterocycles. The maximum atomic E-state index is 13.1. The van der Waals surface area contributed by atoms with Crippen LogP contribution in [0.3, 0.4) is 0 Å². The minimum atomic E-state index is -0.225. The molecule has 0 aliphatic carbocycles. The fourth-order valence-corrected chi connectivity index (χ4v) is 3.37. The van der Waals surface area contributed by atoms with Crippen molar-refractivity contribution in [1.29, 1.82) is 0 Å². The van der Waals surface area contributed by atoms with E-state index in [4.69, 9.17) is 0 Å². The van der Waals surface area contributed by atoms with Gasteiger partial charge in [-0.25, -0.2) is 4.98 Å². The Labute approximate surface area is 155 Å². The van der Waals surface area contributed by atoms with Crippen LogP contribution >= 0.6 is 0 Å². The van der Waals surface area contributed by atoms with E-state index < -0.39 is 0 Å². The molecule has 1 amide bonds. The average molecular weight is 356 g/mol. The number of likely N-dealkylation sites (N-methyl/N-ethyl adjacent to an activating group) is 1. The monoisotopic (exact) mass is 356 g/mol. The third kappa shape index (κ3) is 4.47. The first kappa shape index (κ1) is 18.5. The second-order valence-corrected chi connectivity index (χ2v) is 7.10. The highest BCUT2D eigenvalue weighted by atomic mass is 16.2. The van der Waals surface area contributed by atoms with Crippen LogP contribution in [0.4, 0.5) is 0 Å². The van der Waals surface area contributed by atoms with Gasteiger partial charge in [-0.1, -0.05) is 29.8 Å². The smallest absolute Gasteiger partial charge is 0.244 e. The molecule has 3 rings (SSSR count). The lowest BCUT2D eigenvalue weighted by atomic mass is 10.0. The number of carbonyl (C=O) groups is 1. The Hall–Kier alpha value is -2.25. The van der Waals surface area contributed by atoms with Crippen LogP contribution in [0.2, 0.25) is 0 Å². The Morgan fingerprint density at radius 1 is 1.12 bits per heavy atom. The molecule has 0 unspecified atom stereocenters. The van der Waals surface area contributed by atoms with E-state index in [0.717, 1.165) is 44.8 Å². The first-order valence-corrected chi connectivity index (χ1v) is 9.11. The van der Waals surface area contributed by atoms with E-state index in [1.807, 2.05) is 28.6 Å². The Kier molecular flexibility index (Phi) is 6.00. The maximum Gasteiger partial charge on any atom is 0.244 e. The Bertz CT molecular complexity index is 689. The van der Waals surface area contributed by atoms with Gasteiger partial charge in [0.1, 0.15) is 18.7 Å². The number of benzene rings is 1. The van der Waals surface area contributed by atoms with Gasteiger partial charge >= 0.3 is 0 Å². The number of piperazine rings is 1. The zero-order valence-corrected chi connectivity index (χ0v) is 15.9. The molecule has 140 valence electrons. The first-order valence-electron chi connectivity index (χ1n) is 9.11. The molecule has 0 saturated carbocycles. The number of carbonyl (C=O) groups excluding carboxylic acids is 1. The molecule has 1 saturated heterocycles. The summed E-state index contributed by atoms with van der Waals surface area (Å²) in [5.41, 5.74) is 2.26. The molecule has 7 nitrogen and oxygen atoms in total. The SMILES string of the molecule is Cc1ccc([C@H](C(=O)N2CCN(CCn3cncn3)CC2)N(C)C)cc1. The van der Waals surface area contributed by atoms with Gasteiger partial charge in [-0.05, 0) is 26.6 Å². The van der Waals surface area contributed by atoms with Gasteiger partial charge in [-0.15, -0.1) is 0 Å². The molecule has 0 N–H and O–H groups in total. The van der Waals surface area contributed by atoms with E-state index in [2.05, 4.69) is 46.2 Å². The Morgan fingerprint density at radius 2 is 1.81 bits per heavy atom. The number of aromatic nitrogens is 3. The van der Waals surface area contributed by atoms with Crippen molar-refractivity contribution in [3.05, 3.63) is 48.0 Å². The van der Waals surface area contributed by atoms with Gasteiger partial charge in [0.05, 0.1) is 6.54 Å².